The minimum absolute atomic E-state index is 0.0587. The fourth-order valence-electron chi connectivity index (χ4n) is 6.52. The zero-order valence-corrected chi connectivity index (χ0v) is 31.8. The molecule has 0 radical (unpaired) electrons. The summed E-state index contributed by atoms with van der Waals surface area (Å²) >= 11 is 0. The highest BCUT2D eigenvalue weighted by Crippen LogP contribution is 2.44. The van der Waals surface area contributed by atoms with Gasteiger partial charge in [-0.1, -0.05) is 68.4 Å². The number of amides is 6. The second-order valence-corrected chi connectivity index (χ2v) is 14.0. The highest BCUT2D eigenvalue weighted by molar-refractivity contribution is 5.98. The van der Waals surface area contributed by atoms with Gasteiger partial charge in [0.15, 0.2) is 0 Å². The van der Waals surface area contributed by atoms with Crippen LogP contribution in [0.3, 0.4) is 0 Å². The SMILES string of the molecule is CC(C)[C@H](NC(=O)[C@H](CCCCNC(=O)O)NC(=O)O)C(=O)N[C@@H](C)C(=O)Nc1ccc(CO)c(CN(C)C(=O)OCC2c3ccccc3-c3ccccc32)c1. The molecule has 0 unspecified atom stereocenters. The Morgan fingerprint density at radius 1 is 0.768 bits per heavy atom. The van der Waals surface area contributed by atoms with Crippen LogP contribution in [0.1, 0.15) is 68.2 Å². The van der Waals surface area contributed by atoms with Gasteiger partial charge >= 0.3 is 18.3 Å². The first kappa shape index (κ1) is 42.6. The van der Waals surface area contributed by atoms with E-state index in [0.29, 0.717) is 29.7 Å². The Labute approximate surface area is 325 Å². The van der Waals surface area contributed by atoms with Gasteiger partial charge < -0.3 is 51.5 Å². The van der Waals surface area contributed by atoms with Crippen molar-refractivity contribution in [1.29, 1.82) is 0 Å². The predicted octanol–water partition coefficient (Wildman–Crippen LogP) is 4.22. The lowest BCUT2D eigenvalue weighted by molar-refractivity contribution is -0.132. The first-order valence-electron chi connectivity index (χ1n) is 18.4. The number of anilines is 1. The number of carbonyl (C=O) groups excluding carboxylic acids is 4. The summed E-state index contributed by atoms with van der Waals surface area (Å²) in [5, 5.41) is 40.2. The van der Waals surface area contributed by atoms with Gasteiger partial charge in [-0.15, -0.1) is 0 Å². The molecule has 300 valence electrons. The molecule has 4 rings (SSSR count). The van der Waals surface area contributed by atoms with Crippen molar-refractivity contribution in [3.63, 3.8) is 0 Å². The van der Waals surface area contributed by atoms with E-state index in [4.69, 9.17) is 9.84 Å². The molecule has 0 fully saturated rings. The maximum absolute atomic E-state index is 13.3. The molecule has 0 saturated carbocycles. The summed E-state index contributed by atoms with van der Waals surface area (Å²) in [6.45, 7) is 4.82. The number of carboxylic acid groups (broad SMARTS) is 2. The second-order valence-electron chi connectivity index (χ2n) is 14.0. The van der Waals surface area contributed by atoms with Gasteiger partial charge in [-0.2, -0.15) is 0 Å². The van der Waals surface area contributed by atoms with Crippen molar-refractivity contribution >= 4 is 41.7 Å². The van der Waals surface area contributed by atoms with Crippen LogP contribution in [-0.2, 0) is 32.3 Å². The third-order valence-corrected chi connectivity index (χ3v) is 9.51. The number of aliphatic hydroxyl groups excluding tert-OH is 1. The number of hydrogen-bond donors (Lipinski definition) is 8. The molecule has 1 aliphatic rings. The third-order valence-electron chi connectivity index (χ3n) is 9.51. The number of hydrogen-bond acceptors (Lipinski definition) is 8. The van der Waals surface area contributed by atoms with Crippen LogP contribution in [0.5, 0.6) is 0 Å². The van der Waals surface area contributed by atoms with Crippen LogP contribution in [0.25, 0.3) is 11.1 Å². The van der Waals surface area contributed by atoms with Crippen molar-refractivity contribution in [3.8, 4) is 11.1 Å². The first-order valence-corrected chi connectivity index (χ1v) is 18.4. The Hall–Kier alpha value is -6.16. The minimum atomic E-state index is -1.44. The van der Waals surface area contributed by atoms with Crippen molar-refractivity contribution in [2.24, 2.45) is 5.92 Å². The molecule has 8 N–H and O–H groups in total. The molecule has 0 heterocycles. The lowest BCUT2D eigenvalue weighted by Gasteiger charge is -2.26. The highest BCUT2D eigenvalue weighted by Gasteiger charge is 2.31. The summed E-state index contributed by atoms with van der Waals surface area (Å²) in [5.74, 6) is -2.56. The molecule has 1 aliphatic carbocycles. The average Bonchev–Trinajstić information content (AvgIpc) is 3.48. The van der Waals surface area contributed by atoms with Crippen LogP contribution < -0.4 is 26.6 Å². The predicted molar refractivity (Wildman–Crippen MR) is 207 cm³/mol. The number of fused-ring (bicyclic) bond motifs is 3. The standard InChI is InChI=1S/C40H50N6O10/c1-23(2)34(45-36(49)33(44-39(53)54)15-9-10-18-41-38(51)52)37(50)42-24(3)35(48)43-27-17-16-25(21-47)26(19-27)20-46(4)40(55)56-22-32-30-13-7-5-11-28(30)29-12-6-8-14-31(29)32/h5-8,11-14,16-17,19,23-24,32-34,41,44,47H,9-10,15,18,20-22H2,1-4H3,(H,42,50)(H,43,48)(H,45,49)(H,51,52)(H,53,54)/t24-,33-,34-/m0/s1. The number of unbranched alkanes of at least 4 members (excludes halogenated alkanes) is 1. The van der Waals surface area contributed by atoms with Crippen molar-refractivity contribution in [2.45, 2.75) is 77.2 Å². The largest absolute Gasteiger partial charge is 0.465 e. The molecule has 16 heteroatoms. The summed E-state index contributed by atoms with van der Waals surface area (Å²) in [6.07, 6.45) is -2.46. The molecular formula is C40H50N6O10. The molecule has 3 aromatic rings. The molecule has 0 aromatic heterocycles. The maximum atomic E-state index is 13.3. The molecule has 3 aromatic carbocycles. The molecule has 0 saturated heterocycles. The Bertz CT molecular complexity index is 1860. The lowest BCUT2D eigenvalue weighted by Crippen LogP contribution is -2.57. The van der Waals surface area contributed by atoms with Crippen molar-refractivity contribution in [2.75, 3.05) is 25.5 Å². The van der Waals surface area contributed by atoms with Crippen molar-refractivity contribution in [3.05, 3.63) is 89.0 Å². The smallest absolute Gasteiger partial charge is 0.409 e. The summed E-state index contributed by atoms with van der Waals surface area (Å²) in [6, 6.07) is 17.5. The fourth-order valence-corrected chi connectivity index (χ4v) is 6.52. The summed E-state index contributed by atoms with van der Waals surface area (Å²) in [5.41, 5.74) is 5.83. The number of carbonyl (C=O) groups is 6. The molecule has 0 bridgehead atoms. The van der Waals surface area contributed by atoms with E-state index in [1.807, 2.05) is 36.4 Å². The molecule has 56 heavy (non-hydrogen) atoms. The summed E-state index contributed by atoms with van der Waals surface area (Å²) in [7, 11) is 1.58. The topological polar surface area (TPSA) is 236 Å². The van der Waals surface area contributed by atoms with Crippen LogP contribution in [0.2, 0.25) is 0 Å². The molecule has 0 spiro atoms. The molecule has 6 amide bonds. The number of nitrogens with one attached hydrogen (secondary N) is 5. The van der Waals surface area contributed by atoms with Crippen LogP contribution in [0.4, 0.5) is 20.1 Å². The van der Waals surface area contributed by atoms with Gasteiger partial charge in [0.2, 0.25) is 17.7 Å². The van der Waals surface area contributed by atoms with E-state index >= 15 is 0 Å². The van der Waals surface area contributed by atoms with E-state index < -0.39 is 60.0 Å². The Kier molecular flexibility index (Phi) is 15.2. The van der Waals surface area contributed by atoms with Gasteiger partial charge in [0.05, 0.1) is 6.61 Å². The van der Waals surface area contributed by atoms with E-state index in [1.165, 1.54) is 11.8 Å². The number of rotatable bonds is 18. The van der Waals surface area contributed by atoms with Crippen molar-refractivity contribution < 1.29 is 48.8 Å². The number of benzene rings is 3. The summed E-state index contributed by atoms with van der Waals surface area (Å²) < 4.78 is 5.77. The Balaban J connectivity index is 1.33. The molecule has 0 aliphatic heterocycles. The summed E-state index contributed by atoms with van der Waals surface area (Å²) in [4.78, 5) is 76.1. The molecule has 16 nitrogen and oxygen atoms in total. The Morgan fingerprint density at radius 2 is 1.41 bits per heavy atom. The normalized spacial score (nSPS) is 13.3. The number of nitrogens with zero attached hydrogens (tertiary/aromatic N) is 1. The quantitative estimate of drug-likeness (QED) is 0.0857. The minimum Gasteiger partial charge on any atom is -0.465 e. The lowest BCUT2D eigenvalue weighted by atomic mass is 9.98. The van der Waals surface area contributed by atoms with Gasteiger partial charge in [-0.05, 0) is 77.6 Å². The molecular weight excluding hydrogens is 724 g/mol. The number of aliphatic hydroxyl groups is 1. The van der Waals surface area contributed by atoms with Gasteiger partial charge in [-0.3, -0.25) is 14.4 Å². The van der Waals surface area contributed by atoms with E-state index in [1.54, 1.807) is 39.1 Å². The van der Waals surface area contributed by atoms with Crippen LogP contribution >= 0.6 is 0 Å². The molecule has 3 atom stereocenters. The highest BCUT2D eigenvalue weighted by atomic mass is 16.6. The fraction of sp³-hybridized carbons (Fsp3) is 0.400. The first-order chi connectivity index (χ1) is 26.7. The van der Waals surface area contributed by atoms with Gasteiger partial charge in [0.25, 0.3) is 0 Å². The average molecular weight is 775 g/mol. The zero-order valence-electron chi connectivity index (χ0n) is 31.8. The number of ether oxygens (including phenoxy) is 1. The van der Waals surface area contributed by atoms with Crippen LogP contribution in [0, 0.1) is 5.92 Å². The van der Waals surface area contributed by atoms with Gasteiger partial charge in [0, 0.05) is 31.7 Å². The maximum Gasteiger partial charge on any atom is 0.409 e. The van der Waals surface area contributed by atoms with E-state index in [9.17, 15) is 39.0 Å². The zero-order chi connectivity index (χ0) is 40.9. The van der Waals surface area contributed by atoms with Crippen LogP contribution in [0.15, 0.2) is 66.7 Å². The second kappa shape index (κ2) is 20.0. The van der Waals surface area contributed by atoms with Crippen molar-refractivity contribution in [1.82, 2.24) is 26.2 Å². The third kappa shape index (κ3) is 11.4. The van der Waals surface area contributed by atoms with E-state index in [2.05, 4.69) is 38.7 Å². The Morgan fingerprint density at radius 3 is 2.00 bits per heavy atom. The van der Waals surface area contributed by atoms with Gasteiger partial charge in [0.1, 0.15) is 24.7 Å². The van der Waals surface area contributed by atoms with Gasteiger partial charge in [-0.25, -0.2) is 14.4 Å². The van der Waals surface area contributed by atoms with E-state index in [0.717, 1.165) is 22.3 Å². The monoisotopic (exact) mass is 774 g/mol. The van der Waals surface area contributed by atoms with E-state index in [-0.39, 0.29) is 38.6 Å². The van der Waals surface area contributed by atoms with Crippen LogP contribution in [-0.4, -0.2) is 94.5 Å².